The first kappa shape index (κ1) is 36.2. The van der Waals surface area contributed by atoms with E-state index >= 15 is 8.78 Å². The van der Waals surface area contributed by atoms with Crippen LogP contribution in [-0.2, 0) is 12.6 Å². The summed E-state index contributed by atoms with van der Waals surface area (Å²) in [5, 5.41) is 5.42. The van der Waals surface area contributed by atoms with Crippen LogP contribution in [-0.4, -0.2) is 85.8 Å². The third kappa shape index (κ3) is 6.10. The van der Waals surface area contributed by atoms with E-state index in [-0.39, 0.29) is 71.6 Å². The lowest BCUT2D eigenvalue weighted by atomic mass is 9.93. The molecule has 4 fully saturated rings. The molecule has 0 radical (unpaired) electrons. The van der Waals surface area contributed by atoms with Gasteiger partial charge in [-0.3, -0.25) is 4.90 Å². The van der Waals surface area contributed by atoms with E-state index in [1.807, 2.05) is 6.07 Å². The zero-order chi connectivity index (χ0) is 39.1. The summed E-state index contributed by atoms with van der Waals surface area (Å²) in [5.74, 6) is 0.481. The Morgan fingerprint density at radius 3 is 2.70 bits per heavy atom. The van der Waals surface area contributed by atoms with Crippen molar-refractivity contribution in [3.8, 4) is 35.5 Å². The normalized spacial score (nSPS) is 25.6. The number of hydrogen-bond acceptors (Lipinski definition) is 10. The number of fused-ring (bicyclic) bond motifs is 7. The summed E-state index contributed by atoms with van der Waals surface area (Å²) in [7, 11) is 0. The molecular weight excluding hydrogens is 744 g/mol. The highest BCUT2D eigenvalue weighted by Gasteiger charge is 2.50. The largest absolute Gasteiger partial charge is 0.476 e. The van der Waals surface area contributed by atoms with Crippen LogP contribution in [0.25, 0.3) is 32.9 Å². The Bertz CT molecular complexity index is 2460. The molecule has 0 spiro atoms. The number of aromatic nitrogens is 5. The maximum Gasteiger partial charge on any atom is 0.451 e. The molecule has 5 atom stereocenters. The Kier molecular flexibility index (Phi) is 8.71. The first-order valence-corrected chi connectivity index (χ1v) is 19.6. The summed E-state index contributed by atoms with van der Waals surface area (Å²) in [4.78, 5) is 26.4. The van der Waals surface area contributed by atoms with Gasteiger partial charge in [0.2, 0.25) is 11.7 Å². The van der Waals surface area contributed by atoms with Crippen LogP contribution in [0.15, 0.2) is 42.6 Å². The van der Waals surface area contributed by atoms with E-state index < -0.39 is 23.6 Å². The molecule has 5 aromatic rings. The van der Waals surface area contributed by atoms with Crippen LogP contribution in [0.3, 0.4) is 0 Å². The zero-order valence-corrected chi connectivity index (χ0v) is 31.0. The fourth-order valence-electron chi connectivity index (χ4n) is 10.2. The van der Waals surface area contributed by atoms with Crippen molar-refractivity contribution < 1.29 is 31.4 Å². The number of halogens is 5. The van der Waals surface area contributed by atoms with Gasteiger partial charge >= 0.3 is 12.2 Å². The van der Waals surface area contributed by atoms with Crippen molar-refractivity contribution in [3.05, 3.63) is 71.3 Å². The van der Waals surface area contributed by atoms with Crippen molar-refractivity contribution in [2.75, 3.05) is 31.2 Å². The van der Waals surface area contributed by atoms with E-state index in [9.17, 15) is 13.2 Å². The monoisotopic (exact) mass is 782 g/mol. The standard InChI is InChI=1S/C42H39F5N8O2/c1-2-26-28(43)12-10-23-6-3-7-27(33(23)26)36-35(44)37-34-30(50-36)8-4-9-31-29-13-11-24(49-29)20-54(31)38(34)53-40(52-37)57-22-41-16-5-19-55(41)25(14-17-41)21-56-32-15-18-48-39(51-32)42(45,46)47/h1,3,6-7,10,12,15,18,24-25,29,31,49H,4-5,8-9,11,13-14,16-17,19-22H2/t24-,25+,29+,31-,41+/m1/s1. The van der Waals surface area contributed by atoms with Gasteiger partial charge in [0, 0.05) is 53.9 Å². The highest BCUT2D eigenvalue weighted by atomic mass is 19.4. The Labute approximate surface area is 325 Å². The van der Waals surface area contributed by atoms with Crippen molar-refractivity contribution in [2.45, 2.75) is 93.7 Å². The zero-order valence-electron chi connectivity index (χ0n) is 31.0. The Morgan fingerprint density at radius 1 is 0.947 bits per heavy atom. The molecule has 294 valence electrons. The van der Waals surface area contributed by atoms with E-state index in [1.165, 1.54) is 12.1 Å². The van der Waals surface area contributed by atoms with Crippen LogP contribution >= 0.6 is 0 Å². The van der Waals surface area contributed by atoms with E-state index in [0.29, 0.717) is 46.2 Å². The van der Waals surface area contributed by atoms with E-state index in [0.717, 1.165) is 64.1 Å². The number of aryl methyl sites for hydroxylation is 1. The highest BCUT2D eigenvalue weighted by molar-refractivity contribution is 6.02. The molecular formula is C42H39F5N8O2. The summed E-state index contributed by atoms with van der Waals surface area (Å²) in [6.45, 7) is 1.86. The number of pyridine rings is 1. The number of ether oxygens (including phenoxy) is 2. The summed E-state index contributed by atoms with van der Waals surface area (Å²) in [6, 6.07) is 10.3. The van der Waals surface area contributed by atoms with Crippen LogP contribution in [0, 0.1) is 24.0 Å². The second-order valence-corrected chi connectivity index (χ2v) is 15.9. The summed E-state index contributed by atoms with van der Waals surface area (Å²) >= 11 is 0. The number of rotatable bonds is 7. The predicted octanol–water partition coefficient (Wildman–Crippen LogP) is 7.01. The van der Waals surface area contributed by atoms with Gasteiger partial charge in [-0.05, 0) is 75.8 Å². The van der Waals surface area contributed by atoms with Crippen LogP contribution in [0.1, 0.15) is 68.4 Å². The molecule has 0 saturated carbocycles. The molecule has 0 aliphatic carbocycles. The van der Waals surface area contributed by atoms with E-state index in [2.05, 4.69) is 31.0 Å². The number of hydrogen-bond donors (Lipinski definition) is 1. The van der Waals surface area contributed by atoms with Gasteiger partial charge in [-0.15, -0.1) is 6.42 Å². The lowest BCUT2D eigenvalue weighted by Gasteiger charge is -2.43. The minimum absolute atomic E-state index is 0.0438. The second-order valence-electron chi connectivity index (χ2n) is 15.9. The Morgan fingerprint density at radius 2 is 1.84 bits per heavy atom. The fraction of sp³-hybridized carbons (Fsp3) is 0.452. The van der Waals surface area contributed by atoms with Crippen molar-refractivity contribution in [2.24, 2.45) is 0 Å². The van der Waals surface area contributed by atoms with Gasteiger partial charge < -0.3 is 19.7 Å². The predicted molar refractivity (Wildman–Crippen MR) is 202 cm³/mol. The number of benzene rings is 2. The Hall–Kier alpha value is -5.20. The molecule has 1 N–H and O–H groups in total. The van der Waals surface area contributed by atoms with Gasteiger partial charge in [0.05, 0.1) is 22.2 Å². The second kappa shape index (κ2) is 13.7. The molecule has 57 heavy (non-hydrogen) atoms. The average Bonchev–Trinajstić information content (AvgIpc) is 3.90. The molecule has 15 heteroatoms. The molecule has 3 aromatic heterocycles. The van der Waals surface area contributed by atoms with Gasteiger partial charge in [-0.1, -0.05) is 30.2 Å². The molecule has 8 heterocycles. The van der Waals surface area contributed by atoms with Crippen LogP contribution < -0.4 is 19.7 Å². The molecule has 4 saturated heterocycles. The smallest absolute Gasteiger partial charge is 0.451 e. The minimum atomic E-state index is -4.68. The number of nitrogens with zero attached hydrogens (tertiary/aromatic N) is 7. The summed E-state index contributed by atoms with van der Waals surface area (Å²) < 4.78 is 84.5. The van der Waals surface area contributed by atoms with Gasteiger partial charge in [-0.2, -0.15) is 28.1 Å². The first-order valence-electron chi connectivity index (χ1n) is 19.6. The van der Waals surface area contributed by atoms with Crippen molar-refractivity contribution >= 4 is 27.5 Å². The molecule has 10 nitrogen and oxygen atoms in total. The van der Waals surface area contributed by atoms with Gasteiger partial charge in [0.1, 0.15) is 36.1 Å². The average molecular weight is 783 g/mol. The van der Waals surface area contributed by atoms with Crippen molar-refractivity contribution in [1.82, 2.24) is 35.1 Å². The third-order valence-electron chi connectivity index (χ3n) is 12.8. The van der Waals surface area contributed by atoms with Crippen molar-refractivity contribution in [3.63, 3.8) is 0 Å². The van der Waals surface area contributed by atoms with Crippen molar-refractivity contribution in [1.29, 1.82) is 0 Å². The molecule has 5 aliphatic heterocycles. The third-order valence-corrected chi connectivity index (χ3v) is 12.8. The maximum absolute atomic E-state index is 17.4. The SMILES string of the molecule is C#Cc1c(F)ccc2cccc(-c3nc4c5c(nc(OC[C@@]67CCCN6[C@H](COc6ccnc(C(F)(F)F)n6)CC7)nc5c3F)N3C[C@H]5CC[C@H](N5)[C@H]3CCC4)c12. The van der Waals surface area contributed by atoms with Crippen LogP contribution in [0.5, 0.6) is 11.9 Å². The van der Waals surface area contributed by atoms with Crippen LogP contribution in [0.4, 0.5) is 27.8 Å². The Balaban J connectivity index is 1.02. The quantitative estimate of drug-likeness (QED) is 0.137. The number of nitrogens with one attached hydrogen (secondary N) is 1. The number of anilines is 1. The van der Waals surface area contributed by atoms with Gasteiger partial charge in [0.25, 0.3) is 0 Å². The van der Waals surface area contributed by atoms with Crippen LogP contribution in [0.2, 0.25) is 0 Å². The molecule has 0 unspecified atom stereocenters. The molecule has 10 rings (SSSR count). The topological polar surface area (TPSA) is 101 Å². The molecule has 5 aliphatic rings. The fourth-order valence-corrected chi connectivity index (χ4v) is 10.2. The van der Waals surface area contributed by atoms with E-state index in [1.54, 1.807) is 18.2 Å². The van der Waals surface area contributed by atoms with Gasteiger partial charge in [0.15, 0.2) is 5.82 Å². The van der Waals surface area contributed by atoms with Gasteiger partial charge in [-0.25, -0.2) is 18.7 Å². The highest BCUT2D eigenvalue weighted by Crippen LogP contribution is 2.45. The summed E-state index contributed by atoms with van der Waals surface area (Å²) in [6.07, 6.45) is 9.84. The maximum atomic E-state index is 17.4. The number of terminal acetylenes is 1. The minimum Gasteiger partial charge on any atom is -0.476 e. The lowest BCUT2D eigenvalue weighted by molar-refractivity contribution is -0.145. The number of alkyl halides is 3. The molecule has 2 aromatic carbocycles. The molecule has 0 amide bonds. The number of piperazine rings is 1. The lowest BCUT2D eigenvalue weighted by Crippen LogP contribution is -2.58. The first-order chi connectivity index (χ1) is 27.6. The van der Waals surface area contributed by atoms with E-state index in [4.69, 9.17) is 30.8 Å². The molecule has 2 bridgehead atoms. The summed E-state index contributed by atoms with van der Waals surface area (Å²) in [5.41, 5.74) is 0.857.